The molecule has 0 amide bonds. The number of hydrogen-bond acceptors (Lipinski definition) is 3. The summed E-state index contributed by atoms with van der Waals surface area (Å²) in [5, 5.41) is 10.2. The van der Waals surface area contributed by atoms with Gasteiger partial charge in [-0.3, -0.25) is 4.90 Å². The highest BCUT2D eigenvalue weighted by Crippen LogP contribution is 2.39. The molecule has 0 unspecified atom stereocenters. The van der Waals surface area contributed by atoms with Crippen LogP contribution in [0.4, 0.5) is 4.39 Å². The lowest BCUT2D eigenvalue weighted by atomic mass is 10.0. The average molecular weight is 273 g/mol. The average Bonchev–Trinajstić information content (AvgIpc) is 2.63. The van der Waals surface area contributed by atoms with Crippen LogP contribution in [0.3, 0.4) is 0 Å². The van der Waals surface area contributed by atoms with Crippen LogP contribution in [0.1, 0.15) is 38.8 Å². The maximum atomic E-state index is 13.3. The molecule has 0 aliphatic carbocycles. The van der Waals surface area contributed by atoms with Gasteiger partial charge < -0.3 is 5.11 Å². The van der Waals surface area contributed by atoms with Gasteiger partial charge in [-0.25, -0.2) is 9.37 Å². The van der Waals surface area contributed by atoms with Crippen molar-refractivity contribution in [1.82, 2.24) is 9.88 Å². The van der Waals surface area contributed by atoms with E-state index in [1.54, 1.807) is 0 Å². The third-order valence-corrected chi connectivity index (χ3v) is 3.65. The summed E-state index contributed by atoms with van der Waals surface area (Å²) >= 11 is 6.05. The number of aromatic nitrogens is 1. The zero-order chi connectivity index (χ0) is 13.5. The third-order valence-electron chi connectivity index (χ3n) is 3.33. The molecule has 1 saturated heterocycles. The van der Waals surface area contributed by atoms with Gasteiger partial charge in [-0.15, -0.1) is 0 Å². The Morgan fingerprint density at radius 3 is 2.78 bits per heavy atom. The number of pyridine rings is 1. The van der Waals surface area contributed by atoms with Gasteiger partial charge in [-0.1, -0.05) is 11.6 Å². The van der Waals surface area contributed by atoms with E-state index in [9.17, 15) is 9.50 Å². The normalized spacial score (nSPS) is 25.7. The molecule has 0 radical (unpaired) electrons. The van der Waals surface area contributed by atoms with Gasteiger partial charge >= 0.3 is 0 Å². The minimum atomic E-state index is -0.409. The highest BCUT2D eigenvalue weighted by atomic mass is 35.5. The molecule has 1 aliphatic heterocycles. The molecule has 0 spiro atoms. The van der Waals surface area contributed by atoms with Crippen molar-refractivity contribution in [2.75, 3.05) is 6.54 Å². The minimum absolute atomic E-state index is 0.0873. The second kappa shape index (κ2) is 4.76. The standard InChI is InChI=1S/C13H18ClFN2O/c1-13(2,3)17-7-9(18)5-11(17)10-4-8(15)6-16-12(10)14/h4,6,9,11,18H,5,7H2,1-3H3/t9-,11-/m1/s1. The first kappa shape index (κ1) is 13.7. The monoisotopic (exact) mass is 272 g/mol. The summed E-state index contributed by atoms with van der Waals surface area (Å²) in [5.74, 6) is -0.398. The fraction of sp³-hybridized carbons (Fsp3) is 0.615. The summed E-state index contributed by atoms with van der Waals surface area (Å²) in [4.78, 5) is 5.99. The van der Waals surface area contributed by atoms with Crippen molar-refractivity contribution in [2.24, 2.45) is 0 Å². The first-order valence-corrected chi connectivity index (χ1v) is 6.42. The predicted octanol–water partition coefficient (Wildman–Crippen LogP) is 2.78. The summed E-state index contributed by atoms with van der Waals surface area (Å²) < 4.78 is 13.3. The third kappa shape index (κ3) is 2.66. The molecule has 1 aromatic rings. The lowest BCUT2D eigenvalue weighted by Gasteiger charge is -2.37. The van der Waals surface area contributed by atoms with Gasteiger partial charge in [0.2, 0.25) is 0 Å². The Kier molecular flexibility index (Phi) is 3.63. The van der Waals surface area contributed by atoms with Gasteiger partial charge in [0.05, 0.1) is 12.3 Å². The number of halogens is 2. The van der Waals surface area contributed by atoms with Crippen LogP contribution < -0.4 is 0 Å². The van der Waals surface area contributed by atoms with Gasteiger partial charge in [0.1, 0.15) is 11.0 Å². The molecule has 0 aromatic carbocycles. The molecular formula is C13H18ClFN2O. The molecule has 18 heavy (non-hydrogen) atoms. The molecule has 1 fully saturated rings. The van der Waals surface area contributed by atoms with Crippen molar-refractivity contribution in [3.8, 4) is 0 Å². The number of hydrogen-bond donors (Lipinski definition) is 1. The Hall–Kier alpha value is -0.710. The quantitative estimate of drug-likeness (QED) is 0.799. The number of likely N-dealkylation sites (tertiary alicyclic amines) is 1. The van der Waals surface area contributed by atoms with Crippen LogP contribution >= 0.6 is 11.6 Å². The van der Waals surface area contributed by atoms with E-state index in [2.05, 4.69) is 30.7 Å². The second-order valence-corrected chi connectivity index (χ2v) is 6.12. The lowest BCUT2D eigenvalue weighted by molar-refractivity contribution is 0.104. The van der Waals surface area contributed by atoms with Crippen molar-refractivity contribution in [1.29, 1.82) is 0 Å². The molecular weight excluding hydrogens is 255 g/mol. The second-order valence-electron chi connectivity index (χ2n) is 5.76. The number of β-amino-alcohol motifs (C(OH)–C–C–N with tert-alkyl or cyclic N) is 1. The summed E-state index contributed by atoms with van der Waals surface area (Å²) in [6.45, 7) is 6.77. The Bertz CT molecular complexity index is 447. The van der Waals surface area contributed by atoms with Crippen molar-refractivity contribution in [3.63, 3.8) is 0 Å². The summed E-state index contributed by atoms with van der Waals surface area (Å²) in [6.07, 6.45) is 1.26. The largest absolute Gasteiger partial charge is 0.392 e. The molecule has 1 N–H and O–H groups in total. The number of nitrogens with zero attached hydrogens (tertiary/aromatic N) is 2. The van der Waals surface area contributed by atoms with Crippen molar-refractivity contribution >= 4 is 11.6 Å². The van der Waals surface area contributed by atoms with E-state index >= 15 is 0 Å². The Morgan fingerprint density at radius 2 is 2.17 bits per heavy atom. The van der Waals surface area contributed by atoms with Crippen LogP contribution in [-0.2, 0) is 0 Å². The topological polar surface area (TPSA) is 36.4 Å². The number of aliphatic hydroxyl groups is 1. The van der Waals surface area contributed by atoms with Crippen LogP contribution in [0, 0.1) is 5.82 Å². The smallest absolute Gasteiger partial charge is 0.141 e. The lowest BCUT2D eigenvalue weighted by Crippen LogP contribution is -2.41. The van der Waals surface area contributed by atoms with Gasteiger partial charge in [0, 0.05) is 23.7 Å². The van der Waals surface area contributed by atoms with E-state index in [4.69, 9.17) is 11.6 Å². The van der Waals surface area contributed by atoms with E-state index in [-0.39, 0.29) is 11.6 Å². The molecule has 1 aliphatic rings. The summed E-state index contributed by atoms with van der Waals surface area (Å²) in [5.41, 5.74) is 0.542. The first-order valence-electron chi connectivity index (χ1n) is 6.05. The van der Waals surface area contributed by atoms with Crippen LogP contribution in [-0.4, -0.2) is 33.2 Å². The van der Waals surface area contributed by atoms with Crippen molar-refractivity contribution in [3.05, 3.63) is 28.8 Å². The molecule has 2 heterocycles. The van der Waals surface area contributed by atoms with Gasteiger partial charge in [-0.05, 0) is 33.3 Å². The molecule has 3 nitrogen and oxygen atoms in total. The van der Waals surface area contributed by atoms with Crippen LogP contribution in [0.2, 0.25) is 5.15 Å². The highest BCUT2D eigenvalue weighted by Gasteiger charge is 2.39. The highest BCUT2D eigenvalue weighted by molar-refractivity contribution is 6.30. The Balaban J connectivity index is 2.39. The van der Waals surface area contributed by atoms with Crippen LogP contribution in [0.5, 0.6) is 0 Å². The molecule has 100 valence electrons. The summed E-state index contributed by atoms with van der Waals surface area (Å²) in [7, 11) is 0. The van der Waals surface area contributed by atoms with E-state index < -0.39 is 11.9 Å². The maximum absolute atomic E-state index is 13.3. The van der Waals surface area contributed by atoms with Gasteiger partial charge in [-0.2, -0.15) is 0 Å². The molecule has 2 rings (SSSR count). The van der Waals surface area contributed by atoms with Crippen LogP contribution in [0.25, 0.3) is 0 Å². The molecule has 1 aromatic heterocycles. The van der Waals surface area contributed by atoms with E-state index in [1.165, 1.54) is 6.07 Å². The fourth-order valence-electron chi connectivity index (χ4n) is 2.52. The predicted molar refractivity (Wildman–Crippen MR) is 69.0 cm³/mol. The zero-order valence-corrected chi connectivity index (χ0v) is 11.6. The molecule has 5 heteroatoms. The van der Waals surface area contributed by atoms with E-state index in [0.717, 1.165) is 6.20 Å². The van der Waals surface area contributed by atoms with Crippen molar-refractivity contribution in [2.45, 2.75) is 44.9 Å². The maximum Gasteiger partial charge on any atom is 0.141 e. The zero-order valence-electron chi connectivity index (χ0n) is 10.8. The SMILES string of the molecule is CC(C)(C)N1C[C@H](O)C[C@@H]1c1cc(F)cnc1Cl. The fourth-order valence-corrected chi connectivity index (χ4v) is 2.75. The Morgan fingerprint density at radius 1 is 1.50 bits per heavy atom. The van der Waals surface area contributed by atoms with Gasteiger partial charge in [0.15, 0.2) is 0 Å². The number of rotatable bonds is 1. The molecule has 0 bridgehead atoms. The van der Waals surface area contributed by atoms with Crippen molar-refractivity contribution < 1.29 is 9.50 Å². The van der Waals surface area contributed by atoms with E-state index in [1.807, 2.05) is 0 Å². The Labute approximate surface area is 112 Å². The molecule has 2 atom stereocenters. The van der Waals surface area contributed by atoms with E-state index in [0.29, 0.717) is 23.7 Å². The number of aliphatic hydroxyl groups excluding tert-OH is 1. The van der Waals surface area contributed by atoms with Crippen LogP contribution in [0.15, 0.2) is 12.3 Å². The first-order chi connectivity index (χ1) is 8.29. The van der Waals surface area contributed by atoms with Gasteiger partial charge in [0.25, 0.3) is 0 Å². The summed E-state index contributed by atoms with van der Waals surface area (Å²) in [6, 6.07) is 1.33. The minimum Gasteiger partial charge on any atom is -0.392 e. The molecule has 0 saturated carbocycles.